The SMILES string of the molecule is O=C(CCCOCC=Cc1ccccc1)c1cccs1. The maximum Gasteiger partial charge on any atom is 0.172 e. The van der Waals surface area contributed by atoms with Crippen molar-refractivity contribution >= 4 is 23.2 Å². The largest absolute Gasteiger partial charge is 0.377 e. The Labute approximate surface area is 123 Å². The van der Waals surface area contributed by atoms with Crippen LogP contribution in [0.5, 0.6) is 0 Å². The van der Waals surface area contributed by atoms with E-state index < -0.39 is 0 Å². The third-order valence-corrected chi connectivity index (χ3v) is 3.72. The van der Waals surface area contributed by atoms with Gasteiger partial charge >= 0.3 is 0 Å². The number of carbonyl (C=O) groups excluding carboxylic acids is 1. The molecule has 0 aliphatic heterocycles. The zero-order valence-electron chi connectivity index (χ0n) is 11.3. The fourth-order valence-electron chi connectivity index (χ4n) is 1.79. The predicted molar refractivity (Wildman–Crippen MR) is 84.2 cm³/mol. The fraction of sp³-hybridized carbons (Fsp3) is 0.235. The molecule has 0 fully saturated rings. The van der Waals surface area contributed by atoms with Gasteiger partial charge in [0.15, 0.2) is 5.78 Å². The number of hydrogen-bond donors (Lipinski definition) is 0. The van der Waals surface area contributed by atoms with E-state index >= 15 is 0 Å². The summed E-state index contributed by atoms with van der Waals surface area (Å²) in [5, 5.41) is 1.93. The Morgan fingerprint density at radius 3 is 2.75 bits per heavy atom. The van der Waals surface area contributed by atoms with Gasteiger partial charge in [0.1, 0.15) is 0 Å². The van der Waals surface area contributed by atoms with Gasteiger partial charge in [-0.1, -0.05) is 48.6 Å². The first-order valence-corrected chi connectivity index (χ1v) is 7.60. The summed E-state index contributed by atoms with van der Waals surface area (Å²) < 4.78 is 5.49. The highest BCUT2D eigenvalue weighted by Gasteiger charge is 2.05. The topological polar surface area (TPSA) is 26.3 Å². The number of ether oxygens (including phenoxy) is 1. The summed E-state index contributed by atoms with van der Waals surface area (Å²) in [7, 11) is 0. The molecule has 104 valence electrons. The monoisotopic (exact) mass is 286 g/mol. The molecule has 0 unspecified atom stereocenters. The van der Waals surface area contributed by atoms with E-state index in [2.05, 4.69) is 12.1 Å². The van der Waals surface area contributed by atoms with Crippen molar-refractivity contribution in [3.8, 4) is 0 Å². The lowest BCUT2D eigenvalue weighted by Crippen LogP contribution is -2.00. The van der Waals surface area contributed by atoms with E-state index in [9.17, 15) is 4.79 Å². The molecule has 3 heteroatoms. The van der Waals surface area contributed by atoms with Crippen LogP contribution in [0.15, 0.2) is 53.9 Å². The lowest BCUT2D eigenvalue weighted by atomic mass is 10.2. The first-order valence-electron chi connectivity index (χ1n) is 6.72. The molecule has 0 saturated carbocycles. The molecule has 2 aromatic rings. The van der Waals surface area contributed by atoms with Crippen LogP contribution in [0.25, 0.3) is 6.08 Å². The average molecular weight is 286 g/mol. The molecule has 1 heterocycles. The van der Waals surface area contributed by atoms with Gasteiger partial charge in [-0.3, -0.25) is 4.79 Å². The van der Waals surface area contributed by atoms with E-state index in [4.69, 9.17) is 4.74 Å². The van der Waals surface area contributed by atoms with Crippen LogP contribution in [0.2, 0.25) is 0 Å². The van der Waals surface area contributed by atoms with E-state index in [0.717, 1.165) is 11.3 Å². The number of ketones is 1. The van der Waals surface area contributed by atoms with Gasteiger partial charge in [0, 0.05) is 13.0 Å². The maximum absolute atomic E-state index is 11.7. The standard InChI is InChI=1S/C17H18O2S/c18-16(17-11-6-14-20-17)10-5-13-19-12-4-9-15-7-2-1-3-8-15/h1-4,6-9,11,14H,5,10,12-13H2. The Kier molecular flexibility index (Phi) is 6.21. The van der Waals surface area contributed by atoms with Crippen LogP contribution in [0.3, 0.4) is 0 Å². The van der Waals surface area contributed by atoms with Crippen LogP contribution >= 0.6 is 11.3 Å². The summed E-state index contributed by atoms with van der Waals surface area (Å²) >= 11 is 1.50. The van der Waals surface area contributed by atoms with E-state index in [1.54, 1.807) is 0 Å². The zero-order valence-corrected chi connectivity index (χ0v) is 12.1. The van der Waals surface area contributed by atoms with E-state index in [0.29, 0.717) is 19.6 Å². The molecule has 1 aromatic carbocycles. The van der Waals surface area contributed by atoms with Gasteiger partial charge in [0.25, 0.3) is 0 Å². The predicted octanol–water partition coefficient (Wildman–Crippen LogP) is 4.44. The molecular weight excluding hydrogens is 268 g/mol. The van der Waals surface area contributed by atoms with Gasteiger partial charge in [-0.05, 0) is 23.4 Å². The van der Waals surface area contributed by atoms with Crippen molar-refractivity contribution in [1.29, 1.82) is 0 Å². The first kappa shape index (κ1) is 14.7. The molecule has 0 amide bonds. The van der Waals surface area contributed by atoms with Gasteiger partial charge in [0.05, 0.1) is 11.5 Å². The highest BCUT2D eigenvalue weighted by Crippen LogP contribution is 2.12. The van der Waals surface area contributed by atoms with Gasteiger partial charge in [0.2, 0.25) is 0 Å². The summed E-state index contributed by atoms with van der Waals surface area (Å²) in [5.41, 5.74) is 1.17. The Balaban J connectivity index is 1.56. The lowest BCUT2D eigenvalue weighted by Gasteiger charge is -2.00. The molecule has 0 saturated heterocycles. The molecule has 20 heavy (non-hydrogen) atoms. The molecule has 0 N–H and O–H groups in total. The molecule has 0 bridgehead atoms. The second-order valence-electron chi connectivity index (χ2n) is 4.39. The summed E-state index contributed by atoms with van der Waals surface area (Å²) in [6.07, 6.45) is 5.37. The van der Waals surface area contributed by atoms with Crippen LogP contribution in [0, 0.1) is 0 Å². The van der Waals surface area contributed by atoms with E-state index in [1.165, 1.54) is 16.9 Å². The van der Waals surface area contributed by atoms with Crippen LogP contribution < -0.4 is 0 Å². The molecule has 0 spiro atoms. The molecule has 0 radical (unpaired) electrons. The quantitative estimate of drug-likeness (QED) is 0.529. The fourth-order valence-corrected chi connectivity index (χ4v) is 2.49. The normalized spacial score (nSPS) is 11.0. The maximum atomic E-state index is 11.7. The van der Waals surface area contributed by atoms with Crippen molar-refractivity contribution in [2.45, 2.75) is 12.8 Å². The Hall–Kier alpha value is -1.71. The van der Waals surface area contributed by atoms with Crippen LogP contribution in [-0.4, -0.2) is 19.0 Å². The number of carbonyl (C=O) groups is 1. The lowest BCUT2D eigenvalue weighted by molar-refractivity contribution is 0.0958. The van der Waals surface area contributed by atoms with Crippen LogP contribution in [0.4, 0.5) is 0 Å². The molecule has 2 nitrogen and oxygen atoms in total. The average Bonchev–Trinajstić information content (AvgIpc) is 3.01. The molecular formula is C17H18O2S. The summed E-state index contributed by atoms with van der Waals surface area (Å²) in [6, 6.07) is 13.9. The van der Waals surface area contributed by atoms with E-state index in [1.807, 2.05) is 47.9 Å². The molecule has 0 aliphatic rings. The van der Waals surface area contributed by atoms with Crippen LogP contribution in [-0.2, 0) is 4.74 Å². The van der Waals surface area contributed by atoms with Crippen molar-refractivity contribution in [1.82, 2.24) is 0 Å². The Bertz CT molecular complexity index is 529. The van der Waals surface area contributed by atoms with Gasteiger partial charge in [-0.2, -0.15) is 0 Å². The van der Waals surface area contributed by atoms with Crippen molar-refractivity contribution in [3.05, 3.63) is 64.4 Å². The number of Topliss-reactive ketones (excluding diaryl/α,β-unsaturated/α-hetero) is 1. The third kappa shape index (κ3) is 5.11. The minimum absolute atomic E-state index is 0.212. The smallest absolute Gasteiger partial charge is 0.172 e. The summed E-state index contributed by atoms with van der Waals surface area (Å²) in [4.78, 5) is 12.6. The molecule has 2 rings (SSSR count). The van der Waals surface area contributed by atoms with Crippen molar-refractivity contribution in [2.75, 3.05) is 13.2 Å². The highest BCUT2D eigenvalue weighted by atomic mass is 32.1. The summed E-state index contributed by atoms with van der Waals surface area (Å²) in [5.74, 6) is 0.212. The highest BCUT2D eigenvalue weighted by molar-refractivity contribution is 7.12. The zero-order chi connectivity index (χ0) is 14.0. The Morgan fingerprint density at radius 1 is 1.15 bits per heavy atom. The van der Waals surface area contributed by atoms with Gasteiger partial charge in [-0.25, -0.2) is 0 Å². The summed E-state index contributed by atoms with van der Waals surface area (Å²) in [6.45, 7) is 1.21. The molecule has 0 atom stereocenters. The van der Waals surface area contributed by atoms with Crippen molar-refractivity contribution in [3.63, 3.8) is 0 Å². The van der Waals surface area contributed by atoms with Gasteiger partial charge < -0.3 is 4.74 Å². The second kappa shape index (κ2) is 8.46. The second-order valence-corrected chi connectivity index (χ2v) is 5.34. The molecule has 1 aromatic heterocycles. The first-order chi connectivity index (χ1) is 9.86. The van der Waals surface area contributed by atoms with Gasteiger partial charge in [-0.15, -0.1) is 11.3 Å². The molecule has 0 aliphatic carbocycles. The minimum Gasteiger partial charge on any atom is -0.377 e. The number of benzene rings is 1. The van der Waals surface area contributed by atoms with Crippen LogP contribution in [0.1, 0.15) is 28.1 Å². The van der Waals surface area contributed by atoms with E-state index in [-0.39, 0.29) is 5.78 Å². The number of hydrogen-bond acceptors (Lipinski definition) is 3. The minimum atomic E-state index is 0.212. The number of thiophene rings is 1. The number of rotatable bonds is 8. The van der Waals surface area contributed by atoms with Crippen molar-refractivity contribution < 1.29 is 9.53 Å². The third-order valence-electron chi connectivity index (χ3n) is 2.81. The Morgan fingerprint density at radius 2 is 2.00 bits per heavy atom. The van der Waals surface area contributed by atoms with Crippen molar-refractivity contribution in [2.24, 2.45) is 0 Å².